The molecule has 0 saturated heterocycles. The lowest BCUT2D eigenvalue weighted by atomic mass is 10.2. The molecular weight excluding hydrogens is 280 g/mol. The van der Waals surface area contributed by atoms with Crippen molar-refractivity contribution in [1.82, 2.24) is 9.88 Å². The number of carbonyl (C=O) groups is 1. The van der Waals surface area contributed by atoms with E-state index in [4.69, 9.17) is 0 Å². The molecule has 1 aliphatic carbocycles. The van der Waals surface area contributed by atoms with Gasteiger partial charge in [0.25, 0.3) is 5.91 Å². The largest absolute Gasteiger partial charge is 0.338 e. The van der Waals surface area contributed by atoms with Gasteiger partial charge in [0.05, 0.1) is 5.69 Å². The molecule has 0 bridgehead atoms. The van der Waals surface area contributed by atoms with E-state index < -0.39 is 0 Å². The smallest absolute Gasteiger partial charge is 0.265 e. The molecule has 1 saturated carbocycles. The fraction of sp³-hybridized carbons (Fsp3) is 0.412. The zero-order chi connectivity index (χ0) is 15.0. The fourth-order valence-electron chi connectivity index (χ4n) is 2.54. The van der Waals surface area contributed by atoms with E-state index in [-0.39, 0.29) is 5.91 Å². The minimum Gasteiger partial charge on any atom is -0.338 e. The van der Waals surface area contributed by atoms with Crippen LogP contribution in [0, 0.1) is 12.8 Å². The van der Waals surface area contributed by atoms with Crippen LogP contribution in [-0.4, -0.2) is 28.9 Å². The van der Waals surface area contributed by atoms with E-state index in [1.165, 1.54) is 24.2 Å². The quantitative estimate of drug-likeness (QED) is 0.855. The van der Waals surface area contributed by atoms with Gasteiger partial charge in [0, 0.05) is 18.7 Å². The Morgan fingerprint density at radius 3 is 2.62 bits per heavy atom. The highest BCUT2D eigenvalue weighted by Gasteiger charge is 2.33. The molecule has 0 spiro atoms. The molecule has 3 nitrogen and oxygen atoms in total. The third-order valence-electron chi connectivity index (χ3n) is 4.25. The zero-order valence-corrected chi connectivity index (χ0v) is 13.5. The molecule has 1 aromatic carbocycles. The van der Waals surface area contributed by atoms with Crippen LogP contribution in [0.25, 0.3) is 10.6 Å². The summed E-state index contributed by atoms with van der Waals surface area (Å²) in [6.45, 7) is 4.07. The van der Waals surface area contributed by atoms with E-state index in [2.05, 4.69) is 11.9 Å². The number of hydrogen-bond acceptors (Lipinski definition) is 3. The average Bonchev–Trinajstić information content (AvgIpc) is 3.28. The second-order valence-corrected chi connectivity index (χ2v) is 6.79. The van der Waals surface area contributed by atoms with Crippen molar-refractivity contribution in [3.05, 3.63) is 40.9 Å². The highest BCUT2D eigenvalue weighted by molar-refractivity contribution is 7.17. The van der Waals surface area contributed by atoms with Gasteiger partial charge < -0.3 is 4.90 Å². The Labute approximate surface area is 129 Å². The lowest BCUT2D eigenvalue weighted by Crippen LogP contribution is -2.36. The van der Waals surface area contributed by atoms with Crippen molar-refractivity contribution in [3.8, 4) is 10.6 Å². The maximum atomic E-state index is 12.7. The molecular formula is C17H20N2OS. The van der Waals surface area contributed by atoms with Crippen LogP contribution in [0.1, 0.15) is 35.1 Å². The van der Waals surface area contributed by atoms with E-state index in [0.29, 0.717) is 12.0 Å². The van der Waals surface area contributed by atoms with Crippen molar-refractivity contribution < 1.29 is 4.79 Å². The number of aryl methyl sites for hydroxylation is 1. The highest BCUT2D eigenvalue weighted by atomic mass is 32.1. The molecule has 3 rings (SSSR count). The van der Waals surface area contributed by atoms with Crippen LogP contribution in [-0.2, 0) is 0 Å². The van der Waals surface area contributed by atoms with Crippen LogP contribution in [0.3, 0.4) is 0 Å². The van der Waals surface area contributed by atoms with Crippen LogP contribution in [0.15, 0.2) is 30.3 Å². The van der Waals surface area contributed by atoms with Crippen LogP contribution >= 0.6 is 11.3 Å². The van der Waals surface area contributed by atoms with Gasteiger partial charge in [0.2, 0.25) is 0 Å². The minimum atomic E-state index is 0.103. The van der Waals surface area contributed by atoms with Gasteiger partial charge in [-0.05, 0) is 32.6 Å². The molecule has 1 fully saturated rings. The Bertz CT molecular complexity index is 646. The SMILES string of the molecule is Cc1nc(-c2ccccc2)sc1C(=O)N(C)C(C)C1CC1. The summed E-state index contributed by atoms with van der Waals surface area (Å²) >= 11 is 1.50. The van der Waals surface area contributed by atoms with Crippen LogP contribution in [0.4, 0.5) is 0 Å². The molecule has 1 unspecified atom stereocenters. The van der Waals surface area contributed by atoms with Gasteiger partial charge in [-0.2, -0.15) is 0 Å². The monoisotopic (exact) mass is 300 g/mol. The average molecular weight is 300 g/mol. The molecule has 1 aromatic heterocycles. The number of benzene rings is 1. The van der Waals surface area contributed by atoms with Crippen molar-refractivity contribution in [2.45, 2.75) is 32.7 Å². The molecule has 1 heterocycles. The van der Waals surface area contributed by atoms with Gasteiger partial charge >= 0.3 is 0 Å². The van der Waals surface area contributed by atoms with Crippen molar-refractivity contribution in [2.75, 3.05) is 7.05 Å². The third kappa shape index (κ3) is 2.86. The lowest BCUT2D eigenvalue weighted by Gasteiger charge is -2.24. The summed E-state index contributed by atoms with van der Waals surface area (Å²) in [4.78, 5) is 19.9. The number of nitrogens with zero attached hydrogens (tertiary/aromatic N) is 2. The lowest BCUT2D eigenvalue weighted by molar-refractivity contribution is 0.0731. The zero-order valence-electron chi connectivity index (χ0n) is 12.7. The van der Waals surface area contributed by atoms with Crippen LogP contribution in [0.5, 0.6) is 0 Å². The Balaban J connectivity index is 1.85. The summed E-state index contributed by atoms with van der Waals surface area (Å²) in [5.74, 6) is 0.785. The van der Waals surface area contributed by atoms with E-state index in [0.717, 1.165) is 21.1 Å². The number of aromatic nitrogens is 1. The third-order valence-corrected chi connectivity index (χ3v) is 5.44. The number of thiazole rings is 1. The van der Waals surface area contributed by atoms with Crippen molar-refractivity contribution in [2.24, 2.45) is 5.92 Å². The molecule has 0 N–H and O–H groups in total. The standard InChI is InChI=1S/C17H20N2OS/c1-11-15(17(20)19(3)12(2)13-9-10-13)21-16(18-11)14-7-5-4-6-8-14/h4-8,12-13H,9-10H2,1-3H3. The molecule has 21 heavy (non-hydrogen) atoms. The van der Waals surface area contributed by atoms with Gasteiger partial charge in [-0.25, -0.2) is 4.98 Å². The van der Waals surface area contributed by atoms with E-state index in [9.17, 15) is 4.79 Å². The second kappa shape index (κ2) is 5.60. The topological polar surface area (TPSA) is 33.2 Å². The Hall–Kier alpha value is -1.68. The molecule has 110 valence electrons. The van der Waals surface area contributed by atoms with Crippen LogP contribution in [0.2, 0.25) is 0 Å². The Morgan fingerprint density at radius 2 is 2.00 bits per heavy atom. The maximum Gasteiger partial charge on any atom is 0.265 e. The summed E-state index contributed by atoms with van der Waals surface area (Å²) in [7, 11) is 1.91. The minimum absolute atomic E-state index is 0.103. The van der Waals surface area contributed by atoms with E-state index in [1.807, 2.05) is 49.2 Å². The molecule has 1 aliphatic rings. The first-order valence-electron chi connectivity index (χ1n) is 7.38. The van der Waals surface area contributed by atoms with Gasteiger partial charge in [0.15, 0.2) is 0 Å². The number of rotatable bonds is 4. The van der Waals surface area contributed by atoms with Gasteiger partial charge in [-0.15, -0.1) is 11.3 Å². The van der Waals surface area contributed by atoms with Crippen LogP contribution < -0.4 is 0 Å². The van der Waals surface area contributed by atoms with Crippen molar-refractivity contribution in [1.29, 1.82) is 0 Å². The summed E-state index contributed by atoms with van der Waals surface area (Å²) in [5.41, 5.74) is 1.90. The summed E-state index contributed by atoms with van der Waals surface area (Å²) in [5, 5.41) is 0.920. The fourth-order valence-corrected chi connectivity index (χ4v) is 3.59. The van der Waals surface area contributed by atoms with Crippen molar-refractivity contribution >= 4 is 17.2 Å². The Kier molecular flexibility index (Phi) is 3.81. The highest BCUT2D eigenvalue weighted by Crippen LogP contribution is 2.36. The summed E-state index contributed by atoms with van der Waals surface area (Å²) in [6, 6.07) is 10.4. The van der Waals surface area contributed by atoms with Gasteiger partial charge in [-0.3, -0.25) is 4.79 Å². The van der Waals surface area contributed by atoms with E-state index >= 15 is 0 Å². The Morgan fingerprint density at radius 1 is 1.33 bits per heavy atom. The number of amides is 1. The predicted octanol–water partition coefficient (Wildman–Crippen LogP) is 3.99. The molecule has 2 aromatic rings. The number of hydrogen-bond donors (Lipinski definition) is 0. The molecule has 0 aliphatic heterocycles. The summed E-state index contributed by atoms with van der Waals surface area (Å²) in [6.07, 6.45) is 2.49. The van der Waals surface area contributed by atoms with Gasteiger partial charge in [0.1, 0.15) is 9.88 Å². The maximum absolute atomic E-state index is 12.7. The molecule has 0 radical (unpaired) electrons. The van der Waals surface area contributed by atoms with Crippen molar-refractivity contribution in [3.63, 3.8) is 0 Å². The summed E-state index contributed by atoms with van der Waals surface area (Å²) < 4.78 is 0. The predicted molar refractivity (Wildman–Crippen MR) is 86.6 cm³/mol. The van der Waals surface area contributed by atoms with E-state index in [1.54, 1.807) is 0 Å². The first-order valence-corrected chi connectivity index (χ1v) is 8.19. The molecule has 1 atom stereocenters. The van der Waals surface area contributed by atoms with Gasteiger partial charge in [-0.1, -0.05) is 30.3 Å². The normalized spacial score (nSPS) is 15.8. The molecule has 1 amide bonds. The first kappa shape index (κ1) is 14.3. The number of carbonyl (C=O) groups excluding carboxylic acids is 1. The molecule has 4 heteroatoms. The first-order chi connectivity index (χ1) is 10.1. The second-order valence-electron chi connectivity index (χ2n) is 5.79.